The minimum Gasteiger partial charge on any atom is -0.468 e. The molecule has 0 unspecified atom stereocenters. The molecular weight excluding hydrogens is 208 g/mol. The molecule has 0 atom stereocenters. The van der Waals surface area contributed by atoms with Crippen molar-refractivity contribution in [1.82, 2.24) is 4.98 Å². The van der Waals surface area contributed by atoms with E-state index in [4.69, 9.17) is 10.5 Å². The molecule has 3 nitrogen and oxygen atoms in total. The van der Waals surface area contributed by atoms with Gasteiger partial charge >= 0.3 is 0 Å². The predicted molar refractivity (Wildman–Crippen MR) is 63.4 cm³/mol. The number of thiazole rings is 1. The highest BCUT2D eigenvalue weighted by molar-refractivity contribution is 7.20. The lowest BCUT2D eigenvalue weighted by Crippen LogP contribution is -2.38. The predicted octanol–water partition coefficient (Wildman–Crippen LogP) is 2.41. The molecule has 0 amide bonds. The number of nitrogens with two attached hydrogens (primary N) is 1. The molecule has 1 aromatic heterocycles. The van der Waals surface area contributed by atoms with Gasteiger partial charge in [-0.2, -0.15) is 0 Å². The fraction of sp³-hybridized carbons (Fsp3) is 0.364. The third kappa shape index (κ3) is 2.67. The molecule has 2 N–H and O–H groups in total. The lowest BCUT2D eigenvalue weighted by Gasteiger charge is -2.17. The van der Waals surface area contributed by atoms with Crippen LogP contribution in [0, 0.1) is 0 Å². The highest BCUT2D eigenvalue weighted by Gasteiger charge is 2.13. The smallest absolute Gasteiger partial charge is 0.274 e. The van der Waals surface area contributed by atoms with Crippen LogP contribution in [0.5, 0.6) is 5.19 Å². The summed E-state index contributed by atoms with van der Waals surface area (Å²) >= 11 is 1.55. The van der Waals surface area contributed by atoms with Gasteiger partial charge in [0.25, 0.3) is 5.19 Å². The first kappa shape index (κ1) is 10.4. The van der Waals surface area contributed by atoms with Crippen LogP contribution < -0.4 is 10.5 Å². The fourth-order valence-electron chi connectivity index (χ4n) is 1.16. The van der Waals surface area contributed by atoms with Gasteiger partial charge in [-0.3, -0.25) is 0 Å². The zero-order valence-electron chi connectivity index (χ0n) is 8.86. The Balaban J connectivity index is 2.16. The minimum absolute atomic E-state index is 0.322. The van der Waals surface area contributed by atoms with E-state index in [1.54, 1.807) is 11.3 Å². The largest absolute Gasteiger partial charge is 0.468 e. The Morgan fingerprint density at radius 3 is 2.80 bits per heavy atom. The van der Waals surface area contributed by atoms with E-state index >= 15 is 0 Å². The van der Waals surface area contributed by atoms with Gasteiger partial charge in [-0.15, -0.1) is 0 Å². The molecule has 0 bridgehead atoms. The van der Waals surface area contributed by atoms with Crippen LogP contribution in [-0.4, -0.2) is 17.1 Å². The van der Waals surface area contributed by atoms with Gasteiger partial charge in [0.15, 0.2) is 0 Å². The molecule has 0 aliphatic heterocycles. The highest BCUT2D eigenvalue weighted by atomic mass is 32.1. The summed E-state index contributed by atoms with van der Waals surface area (Å²) in [7, 11) is 0. The summed E-state index contributed by atoms with van der Waals surface area (Å²) in [4.78, 5) is 4.36. The summed E-state index contributed by atoms with van der Waals surface area (Å²) < 4.78 is 6.68. The van der Waals surface area contributed by atoms with Gasteiger partial charge in [0.05, 0.1) is 10.2 Å². The zero-order chi connectivity index (χ0) is 10.9. The number of para-hydroxylation sites is 1. The zero-order valence-corrected chi connectivity index (χ0v) is 9.67. The number of fused-ring (bicyclic) bond motifs is 1. The second kappa shape index (κ2) is 3.79. The second-order valence-corrected chi connectivity index (χ2v) is 5.22. The quantitative estimate of drug-likeness (QED) is 0.867. The molecule has 0 fully saturated rings. The molecule has 1 aromatic carbocycles. The van der Waals surface area contributed by atoms with Crippen LogP contribution in [-0.2, 0) is 0 Å². The van der Waals surface area contributed by atoms with Crippen LogP contribution >= 0.6 is 11.3 Å². The molecule has 0 radical (unpaired) electrons. The number of aromatic nitrogens is 1. The maximum atomic E-state index is 5.83. The molecule has 0 spiro atoms. The van der Waals surface area contributed by atoms with E-state index in [9.17, 15) is 0 Å². The van der Waals surface area contributed by atoms with Crippen LogP contribution in [0.3, 0.4) is 0 Å². The fourth-order valence-corrected chi connectivity index (χ4v) is 1.98. The third-order valence-corrected chi connectivity index (χ3v) is 2.79. The second-order valence-electron chi connectivity index (χ2n) is 4.22. The van der Waals surface area contributed by atoms with Crippen molar-refractivity contribution in [3.05, 3.63) is 24.3 Å². The van der Waals surface area contributed by atoms with Gasteiger partial charge < -0.3 is 10.5 Å². The maximum absolute atomic E-state index is 5.83. The molecule has 0 aliphatic rings. The van der Waals surface area contributed by atoms with Crippen LogP contribution in [0.25, 0.3) is 10.2 Å². The molecule has 0 aliphatic carbocycles. The molecule has 2 aromatic rings. The molecule has 80 valence electrons. The maximum Gasteiger partial charge on any atom is 0.274 e. The summed E-state index contributed by atoms with van der Waals surface area (Å²) in [5.41, 5.74) is 6.49. The third-order valence-electron chi connectivity index (χ3n) is 1.84. The normalized spacial score (nSPS) is 11.9. The van der Waals surface area contributed by atoms with E-state index in [0.29, 0.717) is 11.8 Å². The first-order valence-corrected chi connectivity index (χ1v) is 5.63. The Morgan fingerprint density at radius 1 is 1.40 bits per heavy atom. The van der Waals surface area contributed by atoms with Gasteiger partial charge in [-0.05, 0) is 26.0 Å². The average Bonchev–Trinajstić information content (AvgIpc) is 2.56. The molecule has 1 heterocycles. The number of ether oxygens (including phenoxy) is 1. The lowest BCUT2D eigenvalue weighted by atomic mass is 10.1. The number of benzene rings is 1. The Kier molecular flexibility index (Phi) is 2.63. The molecule has 0 saturated heterocycles. The van der Waals surface area contributed by atoms with Crippen molar-refractivity contribution in [3.63, 3.8) is 0 Å². The van der Waals surface area contributed by atoms with Crippen LogP contribution in [0.1, 0.15) is 13.8 Å². The summed E-state index contributed by atoms with van der Waals surface area (Å²) in [5, 5.41) is 0.690. The first-order chi connectivity index (χ1) is 7.04. The summed E-state index contributed by atoms with van der Waals surface area (Å²) in [6, 6.07) is 7.98. The summed E-state index contributed by atoms with van der Waals surface area (Å²) in [6.45, 7) is 4.34. The number of hydrogen-bond acceptors (Lipinski definition) is 4. The van der Waals surface area contributed by atoms with Crippen molar-refractivity contribution in [3.8, 4) is 5.19 Å². The highest BCUT2D eigenvalue weighted by Crippen LogP contribution is 2.27. The monoisotopic (exact) mass is 222 g/mol. The SMILES string of the molecule is CC(C)(N)COc1nc2ccccc2s1. The first-order valence-electron chi connectivity index (χ1n) is 4.82. The van der Waals surface area contributed by atoms with Gasteiger partial charge in [-0.25, -0.2) is 4.98 Å². The van der Waals surface area contributed by atoms with Crippen LogP contribution in [0.4, 0.5) is 0 Å². The summed E-state index contributed by atoms with van der Waals surface area (Å²) in [6.07, 6.45) is 0. The van der Waals surface area contributed by atoms with Gasteiger partial charge in [0.1, 0.15) is 6.61 Å². The Morgan fingerprint density at radius 2 is 2.13 bits per heavy atom. The van der Waals surface area contributed by atoms with Crippen molar-refractivity contribution in [2.75, 3.05) is 6.61 Å². The number of rotatable bonds is 3. The Bertz CT molecular complexity index is 426. The van der Waals surface area contributed by atoms with Crippen molar-refractivity contribution in [2.24, 2.45) is 5.73 Å². The lowest BCUT2D eigenvalue weighted by molar-refractivity contribution is 0.243. The molecule has 0 saturated carbocycles. The van der Waals surface area contributed by atoms with Gasteiger partial charge in [-0.1, -0.05) is 23.5 Å². The van der Waals surface area contributed by atoms with Crippen LogP contribution in [0.15, 0.2) is 24.3 Å². The van der Waals surface area contributed by atoms with E-state index in [-0.39, 0.29) is 5.54 Å². The van der Waals surface area contributed by atoms with E-state index in [2.05, 4.69) is 4.98 Å². The number of nitrogens with zero attached hydrogens (tertiary/aromatic N) is 1. The van der Waals surface area contributed by atoms with Crippen molar-refractivity contribution in [2.45, 2.75) is 19.4 Å². The Labute approximate surface area is 92.9 Å². The minimum atomic E-state index is -0.322. The van der Waals surface area contributed by atoms with E-state index in [1.807, 2.05) is 38.1 Å². The van der Waals surface area contributed by atoms with E-state index < -0.39 is 0 Å². The molecule has 15 heavy (non-hydrogen) atoms. The van der Waals surface area contributed by atoms with E-state index in [0.717, 1.165) is 10.2 Å². The van der Waals surface area contributed by atoms with Crippen molar-refractivity contribution < 1.29 is 4.74 Å². The topological polar surface area (TPSA) is 48.1 Å². The van der Waals surface area contributed by atoms with Crippen molar-refractivity contribution in [1.29, 1.82) is 0 Å². The molecule has 4 heteroatoms. The summed E-state index contributed by atoms with van der Waals surface area (Å²) in [5.74, 6) is 0. The van der Waals surface area contributed by atoms with Gasteiger partial charge in [0, 0.05) is 5.54 Å². The Hall–Kier alpha value is -1.13. The van der Waals surface area contributed by atoms with Crippen LogP contribution in [0.2, 0.25) is 0 Å². The number of hydrogen-bond donors (Lipinski definition) is 1. The van der Waals surface area contributed by atoms with E-state index in [1.165, 1.54) is 0 Å². The van der Waals surface area contributed by atoms with Crippen molar-refractivity contribution >= 4 is 21.6 Å². The standard InChI is InChI=1S/C11H14N2OS/c1-11(2,12)7-14-10-13-8-5-3-4-6-9(8)15-10/h3-6H,7,12H2,1-2H3. The molecule has 2 rings (SSSR count). The van der Waals surface area contributed by atoms with Gasteiger partial charge in [0.2, 0.25) is 0 Å². The molecular formula is C11H14N2OS. The average molecular weight is 222 g/mol.